The molecule has 0 N–H and O–H groups in total. The van der Waals surface area contributed by atoms with Crippen LogP contribution in [0.3, 0.4) is 0 Å². The van der Waals surface area contributed by atoms with Crippen LogP contribution in [0.15, 0.2) is 72.8 Å². The first-order valence-electron chi connectivity index (χ1n) is 9.13. The van der Waals surface area contributed by atoms with Gasteiger partial charge in [-0.2, -0.15) is 0 Å². The number of fused-ring (bicyclic) bond motifs is 2. The third-order valence-corrected chi connectivity index (χ3v) is 5.13. The van der Waals surface area contributed by atoms with Crippen molar-refractivity contribution in [1.29, 1.82) is 0 Å². The van der Waals surface area contributed by atoms with Gasteiger partial charge in [0.25, 0.3) is 0 Å². The molecule has 128 valence electrons. The molecule has 0 spiro atoms. The Morgan fingerprint density at radius 2 is 0.731 bits per heavy atom. The summed E-state index contributed by atoms with van der Waals surface area (Å²) in [5, 5.41) is 10.9. The Kier molecular flexibility index (Phi) is 3.93. The first kappa shape index (κ1) is 15.6. The lowest BCUT2D eigenvalue weighted by Gasteiger charge is -2.13. The highest BCUT2D eigenvalue weighted by Gasteiger charge is 2.11. The standard InChI is InChI=1S/C20H12.C4H8O2/c1-5-13-6-2-11-17-18-12-4-8-14-7-3-10-16(20(14)18)15(9-1)19(13)17;1-2-6-4-3-5-1/h1-12H;1-4H2. The second-order valence-electron chi connectivity index (χ2n) is 6.64. The van der Waals surface area contributed by atoms with Gasteiger partial charge in [0.15, 0.2) is 0 Å². The van der Waals surface area contributed by atoms with E-state index >= 15 is 0 Å². The molecule has 0 aromatic heterocycles. The summed E-state index contributed by atoms with van der Waals surface area (Å²) in [7, 11) is 0. The lowest BCUT2D eigenvalue weighted by atomic mass is 9.90. The molecule has 0 atom stereocenters. The molecule has 26 heavy (non-hydrogen) atoms. The van der Waals surface area contributed by atoms with Crippen molar-refractivity contribution in [2.45, 2.75) is 0 Å². The normalized spacial score (nSPS) is 14.8. The molecule has 0 saturated carbocycles. The molecule has 1 heterocycles. The van der Waals surface area contributed by atoms with Crippen molar-refractivity contribution in [2.24, 2.45) is 0 Å². The number of hydrogen-bond donors (Lipinski definition) is 0. The maximum absolute atomic E-state index is 4.94. The second kappa shape index (κ2) is 6.56. The largest absolute Gasteiger partial charge is 0.377 e. The molecule has 1 saturated heterocycles. The van der Waals surface area contributed by atoms with Crippen LogP contribution in [0.1, 0.15) is 0 Å². The number of hydrogen-bond acceptors (Lipinski definition) is 2. The average Bonchev–Trinajstić information content (AvgIpc) is 2.73. The van der Waals surface area contributed by atoms with Gasteiger partial charge < -0.3 is 9.47 Å². The Morgan fingerprint density at radius 3 is 1.00 bits per heavy atom. The van der Waals surface area contributed by atoms with Crippen LogP contribution in [0.4, 0.5) is 0 Å². The molecule has 5 aromatic rings. The van der Waals surface area contributed by atoms with Crippen LogP contribution < -0.4 is 0 Å². The molecule has 5 aromatic carbocycles. The van der Waals surface area contributed by atoms with E-state index in [1.807, 2.05) is 0 Å². The van der Waals surface area contributed by atoms with E-state index in [0.717, 1.165) is 26.4 Å². The highest BCUT2D eigenvalue weighted by atomic mass is 16.6. The van der Waals surface area contributed by atoms with Gasteiger partial charge in [0.2, 0.25) is 0 Å². The van der Waals surface area contributed by atoms with Gasteiger partial charge in [0.1, 0.15) is 0 Å². The van der Waals surface area contributed by atoms with Gasteiger partial charge in [-0.15, -0.1) is 0 Å². The second-order valence-corrected chi connectivity index (χ2v) is 6.64. The van der Waals surface area contributed by atoms with Crippen LogP contribution in [0.2, 0.25) is 0 Å². The summed E-state index contributed by atoms with van der Waals surface area (Å²) in [5.74, 6) is 0. The maximum atomic E-state index is 4.94. The van der Waals surface area contributed by atoms with Gasteiger partial charge in [0.05, 0.1) is 26.4 Å². The molecule has 0 aliphatic carbocycles. The number of benzene rings is 5. The van der Waals surface area contributed by atoms with Crippen LogP contribution >= 0.6 is 0 Å². The van der Waals surface area contributed by atoms with Crippen LogP contribution in [-0.4, -0.2) is 26.4 Å². The Morgan fingerprint density at radius 1 is 0.423 bits per heavy atom. The molecule has 0 bridgehead atoms. The monoisotopic (exact) mass is 340 g/mol. The molecule has 2 nitrogen and oxygen atoms in total. The molecule has 2 heteroatoms. The summed E-state index contributed by atoms with van der Waals surface area (Å²) in [4.78, 5) is 0. The van der Waals surface area contributed by atoms with E-state index < -0.39 is 0 Å². The SMILES string of the molecule is C1COCCO1.c1cc2cccc3c4cccc5cccc(c(c1)c23)c54. The smallest absolute Gasteiger partial charge is 0.0701 e. The zero-order valence-corrected chi connectivity index (χ0v) is 14.6. The van der Waals surface area contributed by atoms with E-state index in [1.54, 1.807) is 0 Å². The first-order chi connectivity index (χ1) is 12.9. The molecule has 1 aliphatic rings. The lowest BCUT2D eigenvalue weighted by molar-refractivity contribution is -0.0334. The van der Waals surface area contributed by atoms with Gasteiger partial charge in [-0.25, -0.2) is 0 Å². The fraction of sp³-hybridized carbons (Fsp3) is 0.167. The molecule has 1 aliphatic heterocycles. The third kappa shape index (κ3) is 2.50. The van der Waals surface area contributed by atoms with Crippen LogP contribution in [0.25, 0.3) is 43.1 Å². The van der Waals surface area contributed by atoms with E-state index in [1.165, 1.54) is 43.1 Å². The topological polar surface area (TPSA) is 18.5 Å². The molecular weight excluding hydrogens is 320 g/mol. The Balaban J connectivity index is 0.000000215. The average molecular weight is 340 g/mol. The summed E-state index contributed by atoms with van der Waals surface area (Å²) in [5.41, 5.74) is 0. The fourth-order valence-electron chi connectivity index (χ4n) is 4.02. The van der Waals surface area contributed by atoms with E-state index in [4.69, 9.17) is 9.47 Å². The van der Waals surface area contributed by atoms with Crippen molar-refractivity contribution in [2.75, 3.05) is 26.4 Å². The molecule has 0 unspecified atom stereocenters. The zero-order valence-electron chi connectivity index (χ0n) is 14.6. The Hall–Kier alpha value is -2.68. The van der Waals surface area contributed by atoms with Gasteiger partial charge in [-0.05, 0) is 43.1 Å². The summed E-state index contributed by atoms with van der Waals surface area (Å²) in [6, 6.07) is 26.4. The summed E-state index contributed by atoms with van der Waals surface area (Å²) in [6.07, 6.45) is 0. The Bertz CT molecular complexity index is 1010. The van der Waals surface area contributed by atoms with Gasteiger partial charge in [0, 0.05) is 0 Å². The van der Waals surface area contributed by atoms with E-state index in [2.05, 4.69) is 72.8 Å². The quantitative estimate of drug-likeness (QED) is 0.263. The third-order valence-electron chi connectivity index (χ3n) is 5.13. The minimum Gasteiger partial charge on any atom is -0.377 e. The molecular formula is C24H20O2. The van der Waals surface area contributed by atoms with E-state index in [9.17, 15) is 0 Å². The van der Waals surface area contributed by atoms with Crippen molar-refractivity contribution in [3.63, 3.8) is 0 Å². The zero-order chi connectivity index (χ0) is 17.3. The molecule has 6 rings (SSSR count). The Labute approximate surface area is 152 Å². The fourth-order valence-corrected chi connectivity index (χ4v) is 4.02. The van der Waals surface area contributed by atoms with Crippen molar-refractivity contribution in [1.82, 2.24) is 0 Å². The number of rotatable bonds is 0. The molecule has 1 fully saturated rings. The van der Waals surface area contributed by atoms with Gasteiger partial charge >= 0.3 is 0 Å². The first-order valence-corrected chi connectivity index (χ1v) is 9.13. The van der Waals surface area contributed by atoms with Crippen molar-refractivity contribution in [3.8, 4) is 0 Å². The highest BCUT2D eigenvalue weighted by Crippen LogP contribution is 2.39. The van der Waals surface area contributed by atoms with Gasteiger partial charge in [-0.3, -0.25) is 0 Å². The van der Waals surface area contributed by atoms with Crippen LogP contribution in [0, 0.1) is 0 Å². The van der Waals surface area contributed by atoms with Crippen LogP contribution in [0.5, 0.6) is 0 Å². The predicted octanol–water partition coefficient (Wildman–Crippen LogP) is 5.77. The maximum Gasteiger partial charge on any atom is 0.0701 e. The minimum absolute atomic E-state index is 0.778. The number of ether oxygens (including phenoxy) is 2. The predicted molar refractivity (Wildman–Crippen MR) is 109 cm³/mol. The minimum atomic E-state index is 0.778. The van der Waals surface area contributed by atoms with E-state index in [0.29, 0.717) is 0 Å². The van der Waals surface area contributed by atoms with Gasteiger partial charge in [-0.1, -0.05) is 72.8 Å². The van der Waals surface area contributed by atoms with Crippen LogP contribution in [-0.2, 0) is 9.47 Å². The molecule has 0 amide bonds. The summed E-state index contributed by atoms with van der Waals surface area (Å²) in [6.45, 7) is 3.11. The van der Waals surface area contributed by atoms with Crippen molar-refractivity contribution >= 4 is 43.1 Å². The van der Waals surface area contributed by atoms with Crippen molar-refractivity contribution in [3.05, 3.63) is 72.8 Å². The highest BCUT2D eigenvalue weighted by molar-refractivity contribution is 6.32. The lowest BCUT2D eigenvalue weighted by Crippen LogP contribution is -2.16. The van der Waals surface area contributed by atoms with E-state index in [-0.39, 0.29) is 0 Å². The summed E-state index contributed by atoms with van der Waals surface area (Å²) < 4.78 is 9.89. The molecule has 0 radical (unpaired) electrons. The van der Waals surface area contributed by atoms with Crippen molar-refractivity contribution < 1.29 is 9.47 Å². The summed E-state index contributed by atoms with van der Waals surface area (Å²) >= 11 is 0.